The summed E-state index contributed by atoms with van der Waals surface area (Å²) in [6.07, 6.45) is -0.141. The zero-order valence-electron chi connectivity index (χ0n) is 11.8. The lowest BCUT2D eigenvalue weighted by atomic mass is 10.2. The van der Waals surface area contributed by atoms with E-state index < -0.39 is 23.7 Å². The minimum absolute atomic E-state index is 0.284. The van der Waals surface area contributed by atoms with Crippen molar-refractivity contribution in [2.75, 3.05) is 18.9 Å². The molecule has 0 saturated heterocycles. The molecule has 1 rings (SSSR count). The third kappa shape index (κ3) is 4.62. The van der Waals surface area contributed by atoms with Crippen molar-refractivity contribution in [2.24, 2.45) is 0 Å². The SMILES string of the molecule is Cc1cc(F)ccc1NC(=O)C(=O)N(C)CCC(C)O. The van der Waals surface area contributed by atoms with Gasteiger partial charge in [-0.1, -0.05) is 0 Å². The molecule has 5 nitrogen and oxygen atoms in total. The van der Waals surface area contributed by atoms with Gasteiger partial charge in [-0.3, -0.25) is 9.59 Å². The third-order valence-corrected chi connectivity index (χ3v) is 2.86. The first-order chi connectivity index (χ1) is 9.31. The minimum Gasteiger partial charge on any atom is -0.393 e. The maximum atomic E-state index is 12.9. The summed E-state index contributed by atoms with van der Waals surface area (Å²) < 4.78 is 12.9. The van der Waals surface area contributed by atoms with Crippen molar-refractivity contribution in [2.45, 2.75) is 26.4 Å². The van der Waals surface area contributed by atoms with E-state index in [9.17, 15) is 14.0 Å². The Morgan fingerprint density at radius 2 is 2.10 bits per heavy atom. The van der Waals surface area contributed by atoms with E-state index in [0.717, 1.165) is 0 Å². The summed E-state index contributed by atoms with van der Waals surface area (Å²) in [6, 6.07) is 3.90. The number of aliphatic hydroxyl groups is 1. The Morgan fingerprint density at radius 3 is 2.65 bits per heavy atom. The molecule has 0 heterocycles. The number of carbonyl (C=O) groups excluding carboxylic acids is 2. The molecule has 0 aliphatic carbocycles. The average Bonchev–Trinajstić information content (AvgIpc) is 2.38. The van der Waals surface area contributed by atoms with Crippen molar-refractivity contribution in [1.29, 1.82) is 0 Å². The van der Waals surface area contributed by atoms with Crippen molar-refractivity contribution >= 4 is 17.5 Å². The van der Waals surface area contributed by atoms with Crippen LogP contribution in [-0.4, -0.2) is 41.5 Å². The van der Waals surface area contributed by atoms with Crippen LogP contribution in [0.25, 0.3) is 0 Å². The van der Waals surface area contributed by atoms with Gasteiger partial charge >= 0.3 is 11.8 Å². The lowest BCUT2D eigenvalue weighted by Gasteiger charge is -2.17. The van der Waals surface area contributed by atoms with Crippen LogP contribution in [-0.2, 0) is 9.59 Å². The van der Waals surface area contributed by atoms with Gasteiger partial charge < -0.3 is 15.3 Å². The van der Waals surface area contributed by atoms with Crippen LogP contribution in [0.3, 0.4) is 0 Å². The highest BCUT2D eigenvalue weighted by atomic mass is 19.1. The topological polar surface area (TPSA) is 69.6 Å². The first-order valence-electron chi connectivity index (χ1n) is 6.32. The Kier molecular flexibility index (Phi) is 5.64. The number of carbonyl (C=O) groups is 2. The fraction of sp³-hybridized carbons (Fsp3) is 0.429. The van der Waals surface area contributed by atoms with Gasteiger partial charge in [0.2, 0.25) is 0 Å². The van der Waals surface area contributed by atoms with Crippen molar-refractivity contribution < 1.29 is 19.1 Å². The summed E-state index contributed by atoms with van der Waals surface area (Å²) in [6.45, 7) is 3.53. The van der Waals surface area contributed by atoms with Gasteiger partial charge in [-0.2, -0.15) is 0 Å². The number of hydrogen-bond donors (Lipinski definition) is 2. The highest BCUT2D eigenvalue weighted by molar-refractivity contribution is 6.39. The quantitative estimate of drug-likeness (QED) is 0.818. The highest BCUT2D eigenvalue weighted by Gasteiger charge is 2.19. The molecule has 0 bridgehead atoms. The van der Waals surface area contributed by atoms with Crippen molar-refractivity contribution in [3.8, 4) is 0 Å². The van der Waals surface area contributed by atoms with E-state index in [-0.39, 0.29) is 6.54 Å². The van der Waals surface area contributed by atoms with Crippen LogP contribution in [0.15, 0.2) is 18.2 Å². The first kappa shape index (κ1) is 16.1. The lowest BCUT2D eigenvalue weighted by molar-refractivity contribution is -0.142. The summed E-state index contributed by atoms with van der Waals surface area (Å²) in [5.41, 5.74) is 0.937. The Balaban J connectivity index is 2.63. The molecule has 0 fully saturated rings. The summed E-state index contributed by atoms with van der Waals surface area (Å²) in [7, 11) is 1.49. The van der Waals surface area contributed by atoms with Crippen LogP contribution in [0.1, 0.15) is 18.9 Å². The zero-order valence-corrected chi connectivity index (χ0v) is 11.8. The van der Waals surface area contributed by atoms with Crippen LogP contribution in [0.5, 0.6) is 0 Å². The molecule has 0 radical (unpaired) electrons. The van der Waals surface area contributed by atoms with Gasteiger partial charge in [0, 0.05) is 19.3 Å². The monoisotopic (exact) mass is 282 g/mol. The maximum Gasteiger partial charge on any atom is 0.313 e. The summed E-state index contributed by atoms with van der Waals surface area (Å²) in [4.78, 5) is 24.8. The molecule has 0 aliphatic rings. The Bertz CT molecular complexity index is 503. The van der Waals surface area contributed by atoms with E-state index in [2.05, 4.69) is 5.32 Å². The highest BCUT2D eigenvalue weighted by Crippen LogP contribution is 2.15. The second-order valence-corrected chi connectivity index (χ2v) is 4.78. The number of nitrogens with one attached hydrogen (secondary N) is 1. The molecule has 2 N–H and O–H groups in total. The maximum absolute atomic E-state index is 12.9. The van der Waals surface area contributed by atoms with Crippen LogP contribution in [0.2, 0.25) is 0 Å². The van der Waals surface area contributed by atoms with Gasteiger partial charge in [-0.15, -0.1) is 0 Å². The number of nitrogens with zero attached hydrogens (tertiary/aromatic N) is 1. The van der Waals surface area contributed by atoms with E-state index in [1.54, 1.807) is 13.8 Å². The summed E-state index contributed by atoms with van der Waals surface area (Å²) in [5.74, 6) is -1.89. The largest absolute Gasteiger partial charge is 0.393 e. The molecular weight excluding hydrogens is 263 g/mol. The van der Waals surface area contributed by atoms with E-state index in [1.165, 1.54) is 30.1 Å². The molecule has 1 aromatic rings. The fourth-order valence-electron chi connectivity index (χ4n) is 1.60. The van der Waals surface area contributed by atoms with E-state index in [1.807, 2.05) is 0 Å². The number of likely N-dealkylation sites (N-methyl/N-ethyl adjacent to an activating group) is 1. The number of hydrogen-bond acceptors (Lipinski definition) is 3. The smallest absolute Gasteiger partial charge is 0.313 e. The molecule has 1 unspecified atom stereocenters. The lowest BCUT2D eigenvalue weighted by Crippen LogP contribution is -2.38. The molecule has 1 aromatic carbocycles. The number of benzene rings is 1. The van der Waals surface area contributed by atoms with Gasteiger partial charge in [0.1, 0.15) is 5.82 Å². The van der Waals surface area contributed by atoms with Gasteiger partial charge in [0.05, 0.1) is 6.10 Å². The van der Waals surface area contributed by atoms with Crippen LogP contribution < -0.4 is 5.32 Å². The normalized spacial score (nSPS) is 11.8. The second kappa shape index (κ2) is 7.00. The van der Waals surface area contributed by atoms with Crippen LogP contribution in [0, 0.1) is 12.7 Å². The number of rotatable bonds is 4. The molecule has 20 heavy (non-hydrogen) atoms. The fourth-order valence-corrected chi connectivity index (χ4v) is 1.60. The van der Waals surface area contributed by atoms with Crippen LogP contribution in [0.4, 0.5) is 10.1 Å². The molecule has 1 atom stereocenters. The van der Waals surface area contributed by atoms with E-state index in [0.29, 0.717) is 17.7 Å². The number of amides is 2. The standard InChI is InChI=1S/C14H19FN2O3/c1-9-8-11(15)4-5-12(9)16-13(19)14(20)17(3)7-6-10(2)18/h4-5,8,10,18H,6-7H2,1-3H3,(H,16,19). The number of anilines is 1. The van der Waals surface area contributed by atoms with Gasteiger partial charge in [0.25, 0.3) is 0 Å². The Hall–Kier alpha value is -1.95. The second-order valence-electron chi connectivity index (χ2n) is 4.78. The predicted octanol–water partition coefficient (Wildman–Crippen LogP) is 1.30. The first-order valence-corrected chi connectivity index (χ1v) is 6.32. The predicted molar refractivity (Wildman–Crippen MR) is 73.7 cm³/mol. The molecule has 6 heteroatoms. The van der Waals surface area contributed by atoms with Crippen molar-refractivity contribution in [1.82, 2.24) is 4.90 Å². The van der Waals surface area contributed by atoms with Gasteiger partial charge in [-0.05, 0) is 44.0 Å². The molecular formula is C14H19FN2O3. The van der Waals surface area contributed by atoms with Gasteiger partial charge in [0.15, 0.2) is 0 Å². The number of aliphatic hydroxyl groups excluding tert-OH is 1. The zero-order chi connectivity index (χ0) is 15.3. The summed E-state index contributed by atoms with van der Waals surface area (Å²) in [5, 5.41) is 11.6. The molecule has 0 aromatic heterocycles. The van der Waals surface area contributed by atoms with Gasteiger partial charge in [-0.25, -0.2) is 4.39 Å². The molecule has 0 aliphatic heterocycles. The summed E-state index contributed by atoms with van der Waals surface area (Å²) >= 11 is 0. The van der Waals surface area contributed by atoms with E-state index in [4.69, 9.17) is 5.11 Å². The Morgan fingerprint density at radius 1 is 1.45 bits per heavy atom. The number of halogens is 1. The molecule has 110 valence electrons. The average molecular weight is 282 g/mol. The van der Waals surface area contributed by atoms with Crippen LogP contribution >= 0.6 is 0 Å². The third-order valence-electron chi connectivity index (χ3n) is 2.86. The van der Waals surface area contributed by atoms with Crippen molar-refractivity contribution in [3.63, 3.8) is 0 Å². The number of aryl methyl sites for hydroxylation is 1. The van der Waals surface area contributed by atoms with Crippen molar-refractivity contribution in [3.05, 3.63) is 29.6 Å². The Labute approximate surface area is 117 Å². The minimum atomic E-state index is -0.784. The molecule has 2 amide bonds. The molecule has 0 saturated carbocycles. The van der Waals surface area contributed by atoms with E-state index >= 15 is 0 Å². The molecule has 0 spiro atoms.